The quantitative estimate of drug-likeness (QED) is 0.776. The van der Waals surface area contributed by atoms with E-state index in [0.717, 1.165) is 29.5 Å². The summed E-state index contributed by atoms with van der Waals surface area (Å²) in [5, 5.41) is 4.04. The average molecular weight is 383 g/mol. The lowest BCUT2D eigenvalue weighted by Gasteiger charge is -2.28. The second kappa shape index (κ2) is 7.41. The van der Waals surface area contributed by atoms with E-state index < -0.39 is 10.0 Å². The predicted octanol–water partition coefficient (Wildman–Crippen LogP) is 2.50. The molecule has 25 heavy (non-hydrogen) atoms. The fraction of sp³-hybridized carbons (Fsp3) is 0.471. The summed E-state index contributed by atoms with van der Waals surface area (Å²) in [6.07, 6.45) is 1.55. The fourth-order valence-electron chi connectivity index (χ4n) is 3.02. The van der Waals surface area contributed by atoms with E-state index in [4.69, 9.17) is 4.74 Å². The summed E-state index contributed by atoms with van der Waals surface area (Å²) >= 11 is 1.30. The van der Waals surface area contributed by atoms with Crippen LogP contribution in [0.25, 0.3) is 10.1 Å². The van der Waals surface area contributed by atoms with Gasteiger partial charge in [-0.05, 0) is 62.9 Å². The molecule has 2 atom stereocenters. The summed E-state index contributed by atoms with van der Waals surface area (Å²) in [5.41, 5.74) is 0. The molecule has 8 heteroatoms. The summed E-state index contributed by atoms with van der Waals surface area (Å²) in [6, 6.07) is 6.86. The van der Waals surface area contributed by atoms with E-state index in [9.17, 15) is 13.2 Å². The Morgan fingerprint density at radius 2 is 2.20 bits per heavy atom. The molecule has 1 fully saturated rings. The molecule has 2 aromatic rings. The number of carbonyl (C=O) groups excluding carboxylic acids is 1. The molecule has 2 heterocycles. The zero-order valence-electron chi connectivity index (χ0n) is 14.2. The molecule has 0 bridgehead atoms. The van der Waals surface area contributed by atoms with E-state index in [2.05, 4.69) is 17.0 Å². The monoisotopic (exact) mass is 382 g/mol. The number of nitrogens with one attached hydrogen (secondary N) is 2. The van der Waals surface area contributed by atoms with Crippen molar-refractivity contribution in [1.82, 2.24) is 10.0 Å². The van der Waals surface area contributed by atoms with Crippen LogP contribution in [0.1, 0.15) is 36.4 Å². The lowest BCUT2D eigenvalue weighted by molar-refractivity contribution is 0.0532. The molecule has 0 spiro atoms. The number of hydrogen-bond donors (Lipinski definition) is 2. The number of carbonyl (C=O) groups is 1. The van der Waals surface area contributed by atoms with Gasteiger partial charge in [-0.3, -0.25) is 0 Å². The maximum Gasteiger partial charge on any atom is 0.348 e. The summed E-state index contributed by atoms with van der Waals surface area (Å²) in [7, 11) is -3.59. The first kappa shape index (κ1) is 18.3. The summed E-state index contributed by atoms with van der Waals surface area (Å²) < 4.78 is 34.0. The molecule has 1 aliphatic heterocycles. The van der Waals surface area contributed by atoms with Crippen molar-refractivity contribution in [2.75, 3.05) is 13.2 Å². The molecule has 0 radical (unpaired) electrons. The number of ether oxygens (including phenoxy) is 1. The molecule has 1 aromatic heterocycles. The number of piperidine rings is 1. The van der Waals surface area contributed by atoms with Crippen molar-refractivity contribution in [3.05, 3.63) is 29.1 Å². The molecule has 136 valence electrons. The Morgan fingerprint density at radius 1 is 1.40 bits per heavy atom. The number of thiophene rings is 1. The van der Waals surface area contributed by atoms with Crippen LogP contribution in [-0.4, -0.2) is 39.6 Å². The number of esters is 1. The Hall–Kier alpha value is -1.48. The molecular formula is C17H22N2O4S2. The minimum Gasteiger partial charge on any atom is -0.462 e. The summed E-state index contributed by atoms with van der Waals surface area (Å²) in [5.74, 6) is -0.380. The van der Waals surface area contributed by atoms with Crippen molar-refractivity contribution in [1.29, 1.82) is 0 Å². The Kier molecular flexibility index (Phi) is 5.43. The zero-order chi connectivity index (χ0) is 18.0. The van der Waals surface area contributed by atoms with Gasteiger partial charge in [0.15, 0.2) is 0 Å². The van der Waals surface area contributed by atoms with Gasteiger partial charge in [0.05, 0.1) is 11.5 Å². The van der Waals surface area contributed by atoms with E-state index in [1.54, 1.807) is 31.2 Å². The molecule has 0 aliphatic carbocycles. The van der Waals surface area contributed by atoms with Gasteiger partial charge < -0.3 is 10.1 Å². The Morgan fingerprint density at radius 3 is 2.92 bits per heavy atom. The van der Waals surface area contributed by atoms with E-state index in [1.807, 2.05) is 0 Å². The van der Waals surface area contributed by atoms with Crippen molar-refractivity contribution in [3.8, 4) is 0 Å². The Balaban J connectivity index is 1.83. The summed E-state index contributed by atoms with van der Waals surface area (Å²) in [6.45, 7) is 4.92. The first-order valence-electron chi connectivity index (χ1n) is 8.35. The van der Waals surface area contributed by atoms with Gasteiger partial charge in [-0.25, -0.2) is 17.9 Å². The number of benzene rings is 1. The van der Waals surface area contributed by atoms with Crippen molar-refractivity contribution in [2.45, 2.75) is 43.7 Å². The third-order valence-corrected chi connectivity index (χ3v) is 6.83. The molecule has 0 amide bonds. The first-order valence-corrected chi connectivity index (χ1v) is 10.7. The number of sulfonamides is 1. The van der Waals surface area contributed by atoms with E-state index in [-0.39, 0.29) is 16.9 Å². The third-order valence-electron chi connectivity index (χ3n) is 4.22. The SMILES string of the molecule is CCOC(=O)c1cc2cc(S(=O)(=O)NC3CCNC(C)C3)ccc2s1. The van der Waals surface area contributed by atoms with Crippen molar-refractivity contribution < 1.29 is 17.9 Å². The highest BCUT2D eigenvalue weighted by Crippen LogP contribution is 2.28. The molecule has 2 N–H and O–H groups in total. The highest BCUT2D eigenvalue weighted by Gasteiger charge is 2.25. The van der Waals surface area contributed by atoms with E-state index in [0.29, 0.717) is 17.5 Å². The summed E-state index contributed by atoms with van der Waals surface area (Å²) in [4.78, 5) is 12.5. The smallest absolute Gasteiger partial charge is 0.348 e. The molecule has 1 aliphatic rings. The molecule has 2 unspecified atom stereocenters. The average Bonchev–Trinajstić information content (AvgIpc) is 2.98. The lowest BCUT2D eigenvalue weighted by Crippen LogP contribution is -2.46. The second-order valence-corrected chi connectivity index (χ2v) is 9.03. The molecule has 3 rings (SSSR count). The van der Waals surface area contributed by atoms with Crippen LogP contribution in [0.2, 0.25) is 0 Å². The second-order valence-electron chi connectivity index (χ2n) is 6.23. The standard InChI is InChI=1S/C17H22N2O4S2/c1-3-23-17(20)16-10-12-9-14(4-5-15(12)24-16)25(21,22)19-13-6-7-18-11(2)8-13/h4-5,9-11,13,18-19H,3,6-8H2,1-2H3. The van der Waals surface area contributed by atoms with Crippen LogP contribution in [0.15, 0.2) is 29.2 Å². The van der Waals surface area contributed by atoms with Gasteiger partial charge in [0.25, 0.3) is 0 Å². The highest BCUT2D eigenvalue weighted by molar-refractivity contribution is 7.89. The molecular weight excluding hydrogens is 360 g/mol. The van der Waals surface area contributed by atoms with Crippen LogP contribution in [0.4, 0.5) is 0 Å². The van der Waals surface area contributed by atoms with Gasteiger partial charge >= 0.3 is 5.97 Å². The predicted molar refractivity (Wildman–Crippen MR) is 98.6 cm³/mol. The van der Waals surface area contributed by atoms with Crippen LogP contribution >= 0.6 is 11.3 Å². The molecule has 0 saturated carbocycles. The number of rotatable bonds is 5. The Labute approximate surface area is 151 Å². The minimum atomic E-state index is -3.59. The topological polar surface area (TPSA) is 84.5 Å². The molecule has 1 saturated heterocycles. The Bertz CT molecular complexity index is 876. The van der Waals surface area contributed by atoms with Crippen molar-refractivity contribution >= 4 is 37.4 Å². The normalized spacial score (nSPS) is 21.4. The third kappa shape index (κ3) is 4.20. The largest absolute Gasteiger partial charge is 0.462 e. The molecule has 1 aromatic carbocycles. The van der Waals surface area contributed by atoms with Crippen LogP contribution in [0.5, 0.6) is 0 Å². The van der Waals surface area contributed by atoms with Gasteiger partial charge in [-0.15, -0.1) is 11.3 Å². The highest BCUT2D eigenvalue weighted by atomic mass is 32.2. The fourth-order valence-corrected chi connectivity index (χ4v) is 5.27. The zero-order valence-corrected chi connectivity index (χ0v) is 15.9. The van der Waals surface area contributed by atoms with Crippen molar-refractivity contribution in [2.24, 2.45) is 0 Å². The van der Waals surface area contributed by atoms with Crippen LogP contribution in [0.3, 0.4) is 0 Å². The van der Waals surface area contributed by atoms with E-state index in [1.165, 1.54) is 11.3 Å². The van der Waals surface area contributed by atoms with Gasteiger partial charge in [-0.1, -0.05) is 0 Å². The van der Waals surface area contributed by atoms with Crippen LogP contribution in [0, 0.1) is 0 Å². The van der Waals surface area contributed by atoms with Crippen LogP contribution < -0.4 is 10.0 Å². The number of fused-ring (bicyclic) bond motifs is 1. The van der Waals surface area contributed by atoms with Gasteiger partial charge in [0.1, 0.15) is 4.88 Å². The van der Waals surface area contributed by atoms with E-state index >= 15 is 0 Å². The number of hydrogen-bond acceptors (Lipinski definition) is 6. The minimum absolute atomic E-state index is 0.0606. The lowest BCUT2D eigenvalue weighted by atomic mass is 10.0. The molecule has 6 nitrogen and oxygen atoms in total. The van der Waals surface area contributed by atoms with Crippen LogP contribution in [-0.2, 0) is 14.8 Å². The maximum absolute atomic E-state index is 12.7. The van der Waals surface area contributed by atoms with Gasteiger partial charge in [0.2, 0.25) is 10.0 Å². The first-order chi connectivity index (χ1) is 11.9. The van der Waals surface area contributed by atoms with Crippen molar-refractivity contribution in [3.63, 3.8) is 0 Å². The maximum atomic E-state index is 12.7. The van der Waals surface area contributed by atoms with Gasteiger partial charge in [0, 0.05) is 16.8 Å². The van der Waals surface area contributed by atoms with Gasteiger partial charge in [-0.2, -0.15) is 0 Å².